The van der Waals surface area contributed by atoms with Crippen LogP contribution in [0, 0.1) is 0 Å². The minimum absolute atomic E-state index is 0.0427. The van der Waals surface area contributed by atoms with Gasteiger partial charge in [0.15, 0.2) is 0 Å². The van der Waals surface area contributed by atoms with E-state index in [4.69, 9.17) is 9.47 Å². The number of ether oxygens (including phenoxy) is 2. The van der Waals surface area contributed by atoms with E-state index < -0.39 is 0 Å². The molecule has 1 fully saturated rings. The second kappa shape index (κ2) is 7.88. The molecule has 0 bridgehead atoms. The zero-order valence-corrected chi connectivity index (χ0v) is 14.6. The van der Waals surface area contributed by atoms with E-state index in [0.29, 0.717) is 0 Å². The number of hydrogen-bond donors (Lipinski definition) is 0. The summed E-state index contributed by atoms with van der Waals surface area (Å²) in [5, 5.41) is 0. The van der Waals surface area contributed by atoms with Crippen molar-refractivity contribution >= 4 is 12.0 Å². The molecule has 1 unspecified atom stereocenters. The van der Waals surface area contributed by atoms with Crippen LogP contribution in [0.15, 0.2) is 54.6 Å². The Morgan fingerprint density at radius 2 is 1.84 bits per heavy atom. The van der Waals surface area contributed by atoms with Gasteiger partial charge >= 0.3 is 0 Å². The third kappa shape index (κ3) is 4.02. The van der Waals surface area contributed by atoms with Gasteiger partial charge in [-0.05, 0) is 54.3 Å². The molecule has 0 aliphatic carbocycles. The largest absolute Gasteiger partial charge is 0.497 e. The molecule has 2 aromatic carbocycles. The fraction of sp³-hybridized carbons (Fsp3) is 0.286. The van der Waals surface area contributed by atoms with Gasteiger partial charge in [-0.1, -0.05) is 24.3 Å². The van der Waals surface area contributed by atoms with Gasteiger partial charge in [0, 0.05) is 12.6 Å². The van der Waals surface area contributed by atoms with Gasteiger partial charge in [0.25, 0.3) is 0 Å². The first-order valence-electron chi connectivity index (χ1n) is 8.48. The maximum atomic E-state index is 12.7. The van der Waals surface area contributed by atoms with Crippen LogP contribution in [0.1, 0.15) is 30.0 Å². The highest BCUT2D eigenvalue weighted by molar-refractivity contribution is 5.92. The average Bonchev–Trinajstić information content (AvgIpc) is 3.16. The summed E-state index contributed by atoms with van der Waals surface area (Å²) in [5.74, 6) is 1.66. The van der Waals surface area contributed by atoms with Crippen LogP contribution in [-0.4, -0.2) is 31.6 Å². The predicted molar refractivity (Wildman–Crippen MR) is 98.7 cm³/mol. The van der Waals surface area contributed by atoms with Gasteiger partial charge in [-0.25, -0.2) is 0 Å². The van der Waals surface area contributed by atoms with Gasteiger partial charge in [0.2, 0.25) is 5.91 Å². The van der Waals surface area contributed by atoms with Crippen molar-refractivity contribution in [2.24, 2.45) is 0 Å². The van der Waals surface area contributed by atoms with Gasteiger partial charge in [0.05, 0.1) is 20.3 Å². The predicted octanol–water partition coefficient (Wildman–Crippen LogP) is 4.08. The highest BCUT2D eigenvalue weighted by Crippen LogP contribution is 2.33. The summed E-state index contributed by atoms with van der Waals surface area (Å²) in [6.45, 7) is 0.790. The van der Waals surface area contributed by atoms with Gasteiger partial charge in [-0.15, -0.1) is 0 Å². The monoisotopic (exact) mass is 337 g/mol. The molecule has 25 heavy (non-hydrogen) atoms. The van der Waals surface area contributed by atoms with Crippen molar-refractivity contribution < 1.29 is 14.3 Å². The lowest BCUT2D eigenvalue weighted by Crippen LogP contribution is -2.28. The maximum Gasteiger partial charge on any atom is 0.247 e. The molecule has 0 radical (unpaired) electrons. The van der Waals surface area contributed by atoms with Crippen molar-refractivity contribution in [3.8, 4) is 11.5 Å². The van der Waals surface area contributed by atoms with E-state index in [1.54, 1.807) is 20.3 Å². The number of methoxy groups -OCH3 is 2. The number of rotatable bonds is 5. The number of carbonyl (C=O) groups is 1. The standard InChI is InChI=1S/C21H23NO3/c1-24-18-11-9-17(10-12-18)20-7-4-14-22(20)21(23)13-8-16-5-3-6-19(15-16)25-2/h3,5-6,8-13,15,20H,4,7,14H2,1-2H3. The number of hydrogen-bond acceptors (Lipinski definition) is 3. The first kappa shape index (κ1) is 17.1. The SMILES string of the molecule is COc1ccc(C2CCCN2C(=O)C=Cc2cccc(OC)c2)cc1. The van der Waals surface area contributed by atoms with E-state index in [1.807, 2.05) is 59.5 Å². The summed E-state index contributed by atoms with van der Waals surface area (Å²) in [6, 6.07) is 15.8. The number of amides is 1. The number of likely N-dealkylation sites (tertiary alicyclic amines) is 1. The molecule has 0 aromatic heterocycles. The quantitative estimate of drug-likeness (QED) is 0.772. The molecule has 4 nitrogen and oxygen atoms in total. The normalized spacial score (nSPS) is 17.0. The minimum Gasteiger partial charge on any atom is -0.497 e. The van der Waals surface area contributed by atoms with Crippen molar-refractivity contribution in [2.75, 3.05) is 20.8 Å². The topological polar surface area (TPSA) is 38.8 Å². The Morgan fingerprint density at radius 1 is 1.08 bits per heavy atom. The molecule has 0 N–H and O–H groups in total. The molecule has 1 aliphatic rings. The van der Waals surface area contributed by atoms with Crippen LogP contribution in [0.5, 0.6) is 11.5 Å². The zero-order valence-electron chi connectivity index (χ0n) is 14.6. The van der Waals surface area contributed by atoms with Crippen molar-refractivity contribution in [1.82, 2.24) is 4.90 Å². The van der Waals surface area contributed by atoms with E-state index in [9.17, 15) is 4.79 Å². The van der Waals surface area contributed by atoms with Crippen LogP contribution in [0.25, 0.3) is 6.08 Å². The smallest absolute Gasteiger partial charge is 0.247 e. The van der Waals surface area contributed by atoms with Crippen LogP contribution in [0.2, 0.25) is 0 Å². The molecule has 0 saturated carbocycles. The Hall–Kier alpha value is -2.75. The van der Waals surface area contributed by atoms with E-state index in [1.165, 1.54) is 0 Å². The Labute approximate surface area is 148 Å². The Morgan fingerprint density at radius 3 is 2.56 bits per heavy atom. The van der Waals surface area contributed by atoms with E-state index in [2.05, 4.69) is 0 Å². The molecule has 130 valence electrons. The second-order valence-corrected chi connectivity index (χ2v) is 6.07. The average molecular weight is 337 g/mol. The van der Waals surface area contributed by atoms with Crippen LogP contribution < -0.4 is 9.47 Å². The second-order valence-electron chi connectivity index (χ2n) is 6.07. The Kier molecular flexibility index (Phi) is 5.39. The summed E-state index contributed by atoms with van der Waals surface area (Å²) < 4.78 is 10.4. The molecule has 2 aromatic rings. The first-order chi connectivity index (χ1) is 12.2. The summed E-state index contributed by atoms with van der Waals surface area (Å²) >= 11 is 0. The first-order valence-corrected chi connectivity index (χ1v) is 8.48. The van der Waals surface area contributed by atoms with Crippen LogP contribution in [0.4, 0.5) is 0 Å². The van der Waals surface area contributed by atoms with Crippen LogP contribution in [0.3, 0.4) is 0 Å². The lowest BCUT2D eigenvalue weighted by Gasteiger charge is -2.24. The molecular weight excluding hydrogens is 314 g/mol. The molecule has 1 aliphatic heterocycles. The fourth-order valence-corrected chi connectivity index (χ4v) is 3.21. The van der Waals surface area contributed by atoms with Crippen molar-refractivity contribution in [3.63, 3.8) is 0 Å². The molecular formula is C21H23NO3. The molecule has 3 rings (SSSR count). The zero-order chi connectivity index (χ0) is 17.6. The Bertz CT molecular complexity index is 752. The lowest BCUT2D eigenvalue weighted by molar-refractivity contribution is -0.126. The van der Waals surface area contributed by atoms with Crippen LogP contribution >= 0.6 is 0 Å². The molecule has 1 amide bonds. The van der Waals surface area contributed by atoms with Gasteiger partial charge in [-0.2, -0.15) is 0 Å². The molecule has 1 atom stereocenters. The third-order valence-electron chi connectivity index (χ3n) is 4.55. The summed E-state index contributed by atoms with van der Waals surface area (Å²) in [7, 11) is 3.29. The van der Waals surface area contributed by atoms with Gasteiger partial charge in [-0.3, -0.25) is 4.79 Å². The van der Waals surface area contributed by atoms with E-state index >= 15 is 0 Å². The van der Waals surface area contributed by atoms with Crippen molar-refractivity contribution in [1.29, 1.82) is 0 Å². The van der Waals surface area contributed by atoms with Gasteiger partial charge in [0.1, 0.15) is 11.5 Å². The summed E-state index contributed by atoms with van der Waals surface area (Å²) in [5.41, 5.74) is 2.11. The minimum atomic E-state index is 0.0427. The summed E-state index contributed by atoms with van der Waals surface area (Å²) in [6.07, 6.45) is 5.51. The molecule has 1 heterocycles. The molecule has 4 heteroatoms. The van der Waals surface area contributed by atoms with Crippen molar-refractivity contribution in [2.45, 2.75) is 18.9 Å². The number of carbonyl (C=O) groups excluding carboxylic acids is 1. The molecule has 1 saturated heterocycles. The number of benzene rings is 2. The lowest BCUT2D eigenvalue weighted by atomic mass is 10.0. The fourth-order valence-electron chi connectivity index (χ4n) is 3.21. The van der Waals surface area contributed by atoms with E-state index in [0.717, 1.165) is 42.0 Å². The third-order valence-corrected chi connectivity index (χ3v) is 4.55. The van der Waals surface area contributed by atoms with E-state index in [-0.39, 0.29) is 11.9 Å². The van der Waals surface area contributed by atoms with Crippen molar-refractivity contribution in [3.05, 3.63) is 65.7 Å². The Balaban J connectivity index is 1.72. The number of nitrogens with zero attached hydrogens (tertiary/aromatic N) is 1. The highest BCUT2D eigenvalue weighted by Gasteiger charge is 2.28. The van der Waals surface area contributed by atoms with Gasteiger partial charge < -0.3 is 14.4 Å². The highest BCUT2D eigenvalue weighted by atomic mass is 16.5. The maximum absolute atomic E-state index is 12.7. The molecule has 0 spiro atoms. The van der Waals surface area contributed by atoms with Crippen LogP contribution in [-0.2, 0) is 4.79 Å². The summed E-state index contributed by atoms with van der Waals surface area (Å²) in [4.78, 5) is 14.6.